The molecule has 0 aliphatic rings. The Kier molecular flexibility index (Phi) is 3.24. The summed E-state index contributed by atoms with van der Waals surface area (Å²) >= 11 is 7.56. The lowest BCUT2D eigenvalue weighted by atomic mass is 10.5. The van der Waals surface area contributed by atoms with Crippen LogP contribution in [0.15, 0.2) is 15.5 Å². The van der Waals surface area contributed by atoms with E-state index in [4.69, 9.17) is 16.0 Å². The highest BCUT2D eigenvalue weighted by atomic mass is 127. The van der Waals surface area contributed by atoms with E-state index >= 15 is 0 Å². The Bertz CT molecular complexity index is 580. The van der Waals surface area contributed by atoms with Gasteiger partial charge >= 0.3 is 0 Å². The molecule has 8 heteroatoms. The van der Waals surface area contributed by atoms with Crippen molar-refractivity contribution in [3.05, 3.63) is 37.2 Å². The summed E-state index contributed by atoms with van der Waals surface area (Å²) in [7, 11) is 0. The molecule has 2 heterocycles. The zero-order valence-electron chi connectivity index (χ0n) is 8.15. The summed E-state index contributed by atoms with van der Waals surface area (Å²) in [6.45, 7) is 1.88. The third-order valence-corrected chi connectivity index (χ3v) is 3.39. The smallest absolute Gasteiger partial charge is 0.268 e. The Morgan fingerprint density at radius 2 is 2.31 bits per heavy atom. The van der Waals surface area contributed by atoms with Gasteiger partial charge in [0, 0.05) is 6.92 Å². The van der Waals surface area contributed by atoms with Crippen molar-refractivity contribution in [2.24, 2.45) is 0 Å². The first-order valence-corrected chi connectivity index (χ1v) is 5.73. The molecule has 0 atom stereocenters. The molecular weight excluding hydrogens is 346 g/mol. The topological polar surface area (TPSA) is 73.8 Å². The predicted molar refractivity (Wildman–Crippen MR) is 64.4 cm³/mol. The van der Waals surface area contributed by atoms with Crippen molar-refractivity contribution in [3.8, 4) is 0 Å². The highest BCUT2D eigenvalue weighted by molar-refractivity contribution is 14.1. The van der Waals surface area contributed by atoms with E-state index in [1.54, 1.807) is 6.92 Å². The largest absolute Gasteiger partial charge is 0.424 e. The lowest BCUT2D eigenvalue weighted by Gasteiger charge is -2.02. The first-order valence-electron chi connectivity index (χ1n) is 4.27. The van der Waals surface area contributed by atoms with Crippen molar-refractivity contribution in [1.29, 1.82) is 0 Å². The predicted octanol–water partition coefficient (Wildman–Crippen LogP) is 1.24. The average Bonchev–Trinajstić information content (AvgIpc) is 2.65. The van der Waals surface area contributed by atoms with Gasteiger partial charge in [0.25, 0.3) is 5.56 Å². The van der Waals surface area contributed by atoms with Crippen molar-refractivity contribution < 1.29 is 4.42 Å². The number of nitrogens with zero attached hydrogens (tertiary/aromatic N) is 4. The van der Waals surface area contributed by atoms with Gasteiger partial charge in [-0.15, -0.1) is 10.2 Å². The third-order valence-electron chi connectivity index (χ3n) is 1.81. The molecule has 2 aromatic rings. The van der Waals surface area contributed by atoms with Crippen molar-refractivity contribution >= 4 is 34.2 Å². The van der Waals surface area contributed by atoms with Gasteiger partial charge in [0.2, 0.25) is 11.8 Å². The van der Waals surface area contributed by atoms with Crippen LogP contribution in [0.4, 0.5) is 0 Å². The molecule has 6 nitrogen and oxygen atoms in total. The van der Waals surface area contributed by atoms with Gasteiger partial charge in [-0.2, -0.15) is 0 Å². The summed E-state index contributed by atoms with van der Waals surface area (Å²) in [6, 6.07) is 0. The van der Waals surface area contributed by atoms with Gasteiger partial charge in [0.15, 0.2) is 0 Å². The minimum atomic E-state index is -0.226. The number of hydrogen-bond donors (Lipinski definition) is 0. The number of hydrogen-bond acceptors (Lipinski definition) is 5. The van der Waals surface area contributed by atoms with Crippen molar-refractivity contribution in [2.45, 2.75) is 13.5 Å². The van der Waals surface area contributed by atoms with E-state index in [1.165, 1.54) is 10.9 Å². The molecule has 2 aromatic heterocycles. The van der Waals surface area contributed by atoms with Gasteiger partial charge in [0.05, 0.1) is 6.33 Å². The van der Waals surface area contributed by atoms with E-state index in [2.05, 4.69) is 15.2 Å². The van der Waals surface area contributed by atoms with Crippen LogP contribution in [-0.2, 0) is 6.54 Å². The molecule has 0 bridgehead atoms. The molecule has 0 spiro atoms. The Labute approximate surface area is 109 Å². The lowest BCUT2D eigenvalue weighted by Crippen LogP contribution is -2.23. The highest BCUT2D eigenvalue weighted by Gasteiger charge is 2.09. The van der Waals surface area contributed by atoms with Crippen molar-refractivity contribution in [1.82, 2.24) is 19.7 Å². The molecule has 0 saturated carbocycles. The van der Waals surface area contributed by atoms with Crippen molar-refractivity contribution in [3.63, 3.8) is 0 Å². The minimum absolute atomic E-state index is 0.194. The summed E-state index contributed by atoms with van der Waals surface area (Å²) in [5.41, 5.74) is -0.226. The second-order valence-corrected chi connectivity index (χ2v) is 4.43. The molecule has 0 aliphatic heterocycles. The van der Waals surface area contributed by atoms with Crippen LogP contribution < -0.4 is 5.56 Å². The Morgan fingerprint density at radius 3 is 2.94 bits per heavy atom. The van der Waals surface area contributed by atoms with Crippen LogP contribution in [0.25, 0.3) is 0 Å². The van der Waals surface area contributed by atoms with Gasteiger partial charge in [-0.3, -0.25) is 9.36 Å². The van der Waals surface area contributed by atoms with Crippen molar-refractivity contribution in [2.75, 3.05) is 0 Å². The Morgan fingerprint density at radius 1 is 1.56 bits per heavy atom. The fraction of sp³-hybridized carbons (Fsp3) is 0.250. The molecule has 84 valence electrons. The van der Waals surface area contributed by atoms with E-state index in [-0.39, 0.29) is 17.3 Å². The van der Waals surface area contributed by atoms with E-state index in [0.717, 1.165) is 0 Å². The minimum Gasteiger partial charge on any atom is -0.424 e. The maximum absolute atomic E-state index is 11.7. The van der Waals surface area contributed by atoms with E-state index in [1.807, 2.05) is 22.6 Å². The molecule has 0 radical (unpaired) electrons. The van der Waals surface area contributed by atoms with Gasteiger partial charge in [-0.05, 0) is 22.6 Å². The number of aryl methyl sites for hydroxylation is 1. The number of halogens is 2. The van der Waals surface area contributed by atoms with Gasteiger partial charge in [-0.1, -0.05) is 11.6 Å². The van der Waals surface area contributed by atoms with Crippen LogP contribution in [0.5, 0.6) is 0 Å². The second-order valence-electron chi connectivity index (χ2n) is 3.00. The SMILES string of the molecule is Cc1nnc(Cn2cnc(Cl)c(I)c2=O)o1. The molecule has 0 N–H and O–H groups in total. The summed E-state index contributed by atoms with van der Waals surface area (Å²) in [5, 5.41) is 7.66. The molecule has 0 amide bonds. The van der Waals surface area contributed by atoms with Gasteiger partial charge in [-0.25, -0.2) is 4.98 Å². The third kappa shape index (κ3) is 2.24. The van der Waals surface area contributed by atoms with Crippen LogP contribution in [0, 0.1) is 10.5 Å². The maximum Gasteiger partial charge on any atom is 0.268 e. The number of rotatable bonds is 2. The van der Waals surface area contributed by atoms with Crippen LogP contribution >= 0.6 is 34.2 Å². The highest BCUT2D eigenvalue weighted by Crippen LogP contribution is 2.10. The normalized spacial score (nSPS) is 10.7. The zero-order valence-corrected chi connectivity index (χ0v) is 11.1. The van der Waals surface area contributed by atoms with E-state index in [0.29, 0.717) is 15.4 Å². The molecule has 0 unspecified atom stereocenters. The van der Waals surface area contributed by atoms with Crippen LogP contribution in [0.2, 0.25) is 5.15 Å². The maximum atomic E-state index is 11.7. The van der Waals surface area contributed by atoms with Crippen LogP contribution in [0.3, 0.4) is 0 Å². The molecule has 0 fully saturated rings. The monoisotopic (exact) mass is 352 g/mol. The van der Waals surface area contributed by atoms with E-state index in [9.17, 15) is 4.79 Å². The van der Waals surface area contributed by atoms with E-state index < -0.39 is 0 Å². The fourth-order valence-electron chi connectivity index (χ4n) is 1.10. The lowest BCUT2D eigenvalue weighted by molar-refractivity contribution is 0.450. The molecule has 0 aliphatic carbocycles. The molecule has 2 rings (SSSR count). The summed E-state index contributed by atoms with van der Waals surface area (Å²) in [4.78, 5) is 15.6. The average molecular weight is 353 g/mol. The first-order chi connectivity index (χ1) is 7.58. The summed E-state index contributed by atoms with van der Waals surface area (Å²) in [5.74, 6) is 0.819. The fourth-order valence-corrected chi connectivity index (χ4v) is 1.68. The molecule has 0 saturated heterocycles. The quantitative estimate of drug-likeness (QED) is 0.600. The summed E-state index contributed by atoms with van der Waals surface area (Å²) < 4.78 is 6.90. The van der Waals surface area contributed by atoms with Crippen LogP contribution in [-0.4, -0.2) is 19.7 Å². The standard InChI is InChI=1S/C8H6ClIN4O2/c1-4-12-13-5(16-4)2-14-3-11-7(9)6(10)8(14)15/h3H,2H2,1H3. The van der Waals surface area contributed by atoms with Gasteiger partial charge in [0.1, 0.15) is 15.3 Å². The Balaban J connectivity index is 2.36. The first kappa shape index (κ1) is 11.5. The summed E-state index contributed by atoms with van der Waals surface area (Å²) in [6.07, 6.45) is 1.35. The Hall–Kier alpha value is -0.960. The number of aromatic nitrogens is 4. The molecule has 16 heavy (non-hydrogen) atoms. The second kappa shape index (κ2) is 4.50. The van der Waals surface area contributed by atoms with Crippen LogP contribution in [0.1, 0.15) is 11.8 Å². The molecular formula is C8H6ClIN4O2. The molecule has 0 aromatic carbocycles. The zero-order chi connectivity index (χ0) is 11.7. The van der Waals surface area contributed by atoms with Gasteiger partial charge < -0.3 is 4.42 Å².